The van der Waals surface area contributed by atoms with Crippen molar-refractivity contribution < 1.29 is 0 Å². The third-order valence-electron chi connectivity index (χ3n) is 5.13. The van der Waals surface area contributed by atoms with Gasteiger partial charge in [0.2, 0.25) is 0 Å². The SMILES string of the molecule is CCN(CC)C(CNC(N)c1cccc2ccccc12)c1ccccc1. The van der Waals surface area contributed by atoms with Crippen LogP contribution in [-0.4, -0.2) is 24.5 Å². The number of hydrogen-bond acceptors (Lipinski definition) is 3. The van der Waals surface area contributed by atoms with Crippen LogP contribution in [0.1, 0.15) is 37.2 Å². The van der Waals surface area contributed by atoms with E-state index >= 15 is 0 Å². The Morgan fingerprint density at radius 2 is 1.50 bits per heavy atom. The van der Waals surface area contributed by atoms with Gasteiger partial charge in [-0.25, -0.2) is 0 Å². The Morgan fingerprint density at radius 1 is 0.846 bits per heavy atom. The van der Waals surface area contributed by atoms with E-state index in [4.69, 9.17) is 5.73 Å². The number of benzene rings is 3. The van der Waals surface area contributed by atoms with E-state index in [2.05, 4.69) is 96.9 Å². The minimum absolute atomic E-state index is 0.192. The Balaban J connectivity index is 1.80. The first-order chi connectivity index (χ1) is 12.7. The number of nitrogens with two attached hydrogens (primary N) is 1. The fourth-order valence-corrected chi connectivity index (χ4v) is 3.67. The predicted octanol–water partition coefficient (Wildman–Crippen LogP) is 4.47. The summed E-state index contributed by atoms with van der Waals surface area (Å²) >= 11 is 0. The zero-order valence-corrected chi connectivity index (χ0v) is 15.7. The van der Waals surface area contributed by atoms with E-state index < -0.39 is 0 Å². The molecule has 0 aromatic heterocycles. The smallest absolute Gasteiger partial charge is 0.0816 e. The topological polar surface area (TPSA) is 41.3 Å². The van der Waals surface area contributed by atoms with Crippen molar-refractivity contribution in [3.63, 3.8) is 0 Å². The van der Waals surface area contributed by atoms with Crippen LogP contribution >= 0.6 is 0 Å². The van der Waals surface area contributed by atoms with Gasteiger partial charge >= 0.3 is 0 Å². The van der Waals surface area contributed by atoms with Gasteiger partial charge in [-0.3, -0.25) is 10.2 Å². The van der Waals surface area contributed by atoms with Crippen LogP contribution in [-0.2, 0) is 0 Å². The first-order valence-electron chi connectivity index (χ1n) is 9.50. The van der Waals surface area contributed by atoms with Crippen molar-refractivity contribution >= 4 is 10.8 Å². The van der Waals surface area contributed by atoms with E-state index in [9.17, 15) is 0 Å². The van der Waals surface area contributed by atoms with Gasteiger partial charge in [-0.15, -0.1) is 0 Å². The molecule has 0 aliphatic carbocycles. The number of rotatable bonds is 8. The summed E-state index contributed by atoms with van der Waals surface area (Å²) in [4.78, 5) is 2.47. The maximum absolute atomic E-state index is 6.54. The molecule has 0 aliphatic heterocycles. The van der Waals surface area contributed by atoms with Gasteiger partial charge in [-0.2, -0.15) is 0 Å². The molecule has 0 amide bonds. The quantitative estimate of drug-likeness (QED) is 0.591. The highest BCUT2D eigenvalue weighted by atomic mass is 15.2. The Hall–Kier alpha value is -2.20. The Morgan fingerprint density at radius 3 is 2.23 bits per heavy atom. The third-order valence-corrected chi connectivity index (χ3v) is 5.13. The van der Waals surface area contributed by atoms with Crippen molar-refractivity contribution in [1.82, 2.24) is 10.2 Å². The standard InChI is InChI=1S/C23H29N3/c1-3-26(4-2)22(19-12-6-5-7-13-19)17-25-23(24)21-16-10-14-18-11-8-9-15-20(18)21/h5-16,22-23,25H,3-4,17,24H2,1-2H3. The lowest BCUT2D eigenvalue weighted by Crippen LogP contribution is -2.39. The van der Waals surface area contributed by atoms with Crippen LogP contribution in [0.25, 0.3) is 10.8 Å². The summed E-state index contributed by atoms with van der Waals surface area (Å²) in [5, 5.41) is 6.02. The van der Waals surface area contributed by atoms with E-state index in [-0.39, 0.29) is 6.17 Å². The molecule has 0 spiro atoms. The molecular weight excluding hydrogens is 318 g/mol. The summed E-state index contributed by atoms with van der Waals surface area (Å²) in [5.41, 5.74) is 9.02. The summed E-state index contributed by atoms with van der Waals surface area (Å²) in [7, 11) is 0. The summed E-state index contributed by atoms with van der Waals surface area (Å²) in [6.07, 6.45) is -0.192. The monoisotopic (exact) mass is 347 g/mol. The normalized spacial score (nSPS) is 13.8. The van der Waals surface area contributed by atoms with Gasteiger partial charge in [-0.05, 0) is 35.0 Å². The lowest BCUT2D eigenvalue weighted by Gasteiger charge is -2.31. The number of fused-ring (bicyclic) bond motifs is 1. The summed E-state index contributed by atoms with van der Waals surface area (Å²) < 4.78 is 0. The van der Waals surface area contributed by atoms with E-state index in [0.29, 0.717) is 6.04 Å². The molecule has 0 saturated heterocycles. The van der Waals surface area contributed by atoms with Crippen molar-refractivity contribution in [3.8, 4) is 0 Å². The van der Waals surface area contributed by atoms with Crippen molar-refractivity contribution in [1.29, 1.82) is 0 Å². The molecule has 136 valence electrons. The van der Waals surface area contributed by atoms with E-state index in [1.807, 2.05) is 0 Å². The lowest BCUT2D eigenvalue weighted by atomic mass is 10.0. The average molecular weight is 348 g/mol. The van der Waals surface area contributed by atoms with Gasteiger partial charge in [0.15, 0.2) is 0 Å². The molecule has 3 rings (SSSR count). The number of likely N-dealkylation sites (N-methyl/N-ethyl adjacent to an activating group) is 1. The largest absolute Gasteiger partial charge is 0.312 e. The van der Waals surface area contributed by atoms with Gasteiger partial charge in [0.25, 0.3) is 0 Å². The summed E-state index contributed by atoms with van der Waals surface area (Å²) in [6.45, 7) is 7.27. The Labute approximate surface area is 156 Å². The van der Waals surface area contributed by atoms with Crippen LogP contribution in [0.15, 0.2) is 72.8 Å². The third kappa shape index (κ3) is 4.13. The van der Waals surface area contributed by atoms with Gasteiger partial charge < -0.3 is 5.73 Å². The van der Waals surface area contributed by atoms with Crippen LogP contribution in [0, 0.1) is 0 Å². The molecule has 2 unspecified atom stereocenters. The van der Waals surface area contributed by atoms with Gasteiger partial charge in [-0.1, -0.05) is 86.6 Å². The minimum atomic E-state index is -0.192. The van der Waals surface area contributed by atoms with E-state index in [1.54, 1.807) is 0 Å². The second-order valence-electron chi connectivity index (χ2n) is 6.60. The Kier molecular flexibility index (Phi) is 6.40. The molecule has 3 N–H and O–H groups in total. The molecule has 3 aromatic rings. The van der Waals surface area contributed by atoms with Gasteiger partial charge in [0, 0.05) is 12.6 Å². The van der Waals surface area contributed by atoms with Crippen LogP contribution in [0.3, 0.4) is 0 Å². The first-order valence-corrected chi connectivity index (χ1v) is 9.50. The molecule has 3 aromatic carbocycles. The van der Waals surface area contributed by atoms with Crippen LogP contribution in [0.4, 0.5) is 0 Å². The zero-order valence-electron chi connectivity index (χ0n) is 15.7. The molecule has 0 fully saturated rings. The highest BCUT2D eigenvalue weighted by Gasteiger charge is 2.19. The van der Waals surface area contributed by atoms with Crippen molar-refractivity contribution in [2.75, 3.05) is 19.6 Å². The molecule has 0 radical (unpaired) electrons. The molecule has 0 heterocycles. The van der Waals surface area contributed by atoms with Gasteiger partial charge in [0.1, 0.15) is 0 Å². The molecular formula is C23H29N3. The zero-order chi connectivity index (χ0) is 18.4. The van der Waals surface area contributed by atoms with Crippen LogP contribution in [0.2, 0.25) is 0 Å². The molecule has 2 atom stereocenters. The lowest BCUT2D eigenvalue weighted by molar-refractivity contribution is 0.209. The molecule has 26 heavy (non-hydrogen) atoms. The minimum Gasteiger partial charge on any atom is -0.312 e. The van der Waals surface area contributed by atoms with Crippen molar-refractivity contribution in [2.45, 2.75) is 26.1 Å². The highest BCUT2D eigenvalue weighted by Crippen LogP contribution is 2.24. The first kappa shape index (κ1) is 18.6. The molecule has 0 saturated carbocycles. The summed E-state index contributed by atoms with van der Waals surface area (Å²) in [5.74, 6) is 0. The summed E-state index contributed by atoms with van der Waals surface area (Å²) in [6, 6.07) is 25.7. The van der Waals surface area contributed by atoms with E-state index in [0.717, 1.165) is 25.2 Å². The second kappa shape index (κ2) is 8.95. The maximum atomic E-state index is 6.54. The fourth-order valence-electron chi connectivity index (χ4n) is 3.67. The average Bonchev–Trinajstić information content (AvgIpc) is 2.71. The number of hydrogen-bond donors (Lipinski definition) is 2. The fraction of sp³-hybridized carbons (Fsp3) is 0.304. The van der Waals surface area contributed by atoms with Crippen LogP contribution in [0.5, 0.6) is 0 Å². The number of nitrogens with one attached hydrogen (secondary N) is 1. The predicted molar refractivity (Wildman–Crippen MR) is 111 cm³/mol. The molecule has 3 heteroatoms. The maximum Gasteiger partial charge on any atom is 0.0816 e. The number of nitrogens with zero attached hydrogens (tertiary/aromatic N) is 1. The molecule has 3 nitrogen and oxygen atoms in total. The second-order valence-corrected chi connectivity index (χ2v) is 6.60. The van der Waals surface area contributed by atoms with Crippen molar-refractivity contribution in [3.05, 3.63) is 83.9 Å². The Bertz CT molecular complexity index is 807. The molecule has 0 bridgehead atoms. The van der Waals surface area contributed by atoms with Gasteiger partial charge in [0.05, 0.1) is 6.17 Å². The van der Waals surface area contributed by atoms with E-state index in [1.165, 1.54) is 16.3 Å². The van der Waals surface area contributed by atoms with Crippen LogP contribution < -0.4 is 11.1 Å². The van der Waals surface area contributed by atoms with Crippen molar-refractivity contribution in [2.24, 2.45) is 5.73 Å². The highest BCUT2D eigenvalue weighted by molar-refractivity contribution is 5.86. The molecule has 0 aliphatic rings.